The number of carbonyl (C=O) groups excluding carboxylic acids is 1. The second-order valence-corrected chi connectivity index (χ2v) is 5.73. The highest BCUT2D eigenvalue weighted by Crippen LogP contribution is 2.18. The van der Waals surface area contributed by atoms with Gasteiger partial charge in [-0.05, 0) is 38.0 Å². The highest BCUT2D eigenvalue weighted by Gasteiger charge is 2.19. The Morgan fingerprint density at radius 2 is 2.11 bits per heavy atom. The van der Waals surface area contributed by atoms with Crippen LogP contribution in [0.2, 0.25) is 5.02 Å². The second-order valence-electron chi connectivity index (χ2n) is 4.65. The number of carbonyl (C=O) groups is 1. The van der Waals surface area contributed by atoms with Gasteiger partial charge in [0.25, 0.3) is 5.91 Å². The summed E-state index contributed by atoms with van der Waals surface area (Å²) in [6.45, 7) is 5.78. The molecule has 0 bridgehead atoms. The van der Waals surface area contributed by atoms with Crippen molar-refractivity contribution in [1.29, 1.82) is 0 Å². The van der Waals surface area contributed by atoms with E-state index in [0.717, 1.165) is 5.33 Å². The smallest absolute Gasteiger partial charge is 0.260 e. The zero-order valence-electron chi connectivity index (χ0n) is 11.3. The Balaban J connectivity index is 2.53. The number of ether oxygens (including phenoxy) is 1. The van der Waals surface area contributed by atoms with Gasteiger partial charge in [0.05, 0.1) is 0 Å². The number of amides is 1. The van der Waals surface area contributed by atoms with E-state index in [1.54, 1.807) is 31.2 Å². The molecular formula is C14H19BrClNO2. The van der Waals surface area contributed by atoms with Crippen LogP contribution in [0.15, 0.2) is 24.3 Å². The fourth-order valence-electron chi connectivity index (χ4n) is 1.42. The molecule has 3 nitrogen and oxygen atoms in total. The fraction of sp³-hybridized carbons (Fsp3) is 0.500. The highest BCUT2D eigenvalue weighted by molar-refractivity contribution is 9.09. The summed E-state index contributed by atoms with van der Waals surface area (Å²) in [5, 5.41) is 4.37. The van der Waals surface area contributed by atoms with Gasteiger partial charge in [-0.15, -0.1) is 0 Å². The van der Waals surface area contributed by atoms with Crippen LogP contribution in [0.1, 0.15) is 20.8 Å². The number of benzene rings is 1. The van der Waals surface area contributed by atoms with Crippen LogP contribution in [0.3, 0.4) is 0 Å². The molecule has 19 heavy (non-hydrogen) atoms. The molecule has 0 radical (unpaired) electrons. The molecule has 0 saturated carbocycles. The molecule has 0 aromatic heterocycles. The Hall–Kier alpha value is -0.740. The van der Waals surface area contributed by atoms with Crippen molar-refractivity contribution in [3.8, 4) is 5.75 Å². The summed E-state index contributed by atoms with van der Waals surface area (Å²) in [4.78, 5) is 12.0. The predicted octanol–water partition coefficient (Wildman–Crippen LogP) is 3.64. The van der Waals surface area contributed by atoms with Crippen molar-refractivity contribution in [2.45, 2.75) is 32.9 Å². The molecule has 0 aliphatic heterocycles. The molecule has 3 atom stereocenters. The summed E-state index contributed by atoms with van der Waals surface area (Å²) in [5.41, 5.74) is 0. The molecule has 0 spiro atoms. The molecule has 3 unspecified atom stereocenters. The average Bonchev–Trinajstić information content (AvgIpc) is 2.37. The molecule has 106 valence electrons. The molecule has 0 heterocycles. The zero-order chi connectivity index (χ0) is 14.4. The summed E-state index contributed by atoms with van der Waals surface area (Å²) in [5.74, 6) is 0.832. The molecule has 5 heteroatoms. The third-order valence-corrected chi connectivity index (χ3v) is 4.20. The maximum absolute atomic E-state index is 12.0. The monoisotopic (exact) mass is 347 g/mol. The van der Waals surface area contributed by atoms with Crippen molar-refractivity contribution in [3.05, 3.63) is 29.3 Å². The van der Waals surface area contributed by atoms with Gasteiger partial charge in [-0.2, -0.15) is 0 Å². The Morgan fingerprint density at radius 3 is 2.68 bits per heavy atom. The first-order valence-electron chi connectivity index (χ1n) is 6.22. The molecule has 1 aromatic carbocycles. The van der Waals surface area contributed by atoms with E-state index in [0.29, 0.717) is 16.7 Å². The van der Waals surface area contributed by atoms with Crippen molar-refractivity contribution in [2.24, 2.45) is 5.92 Å². The lowest BCUT2D eigenvalue weighted by atomic mass is 10.1. The maximum atomic E-state index is 12.0. The van der Waals surface area contributed by atoms with Crippen LogP contribution in [-0.2, 0) is 4.79 Å². The average molecular weight is 349 g/mol. The topological polar surface area (TPSA) is 38.3 Å². The Kier molecular flexibility index (Phi) is 6.66. The van der Waals surface area contributed by atoms with E-state index in [1.807, 2.05) is 6.92 Å². The van der Waals surface area contributed by atoms with Gasteiger partial charge >= 0.3 is 0 Å². The molecule has 1 rings (SSSR count). The summed E-state index contributed by atoms with van der Waals surface area (Å²) in [7, 11) is 0. The van der Waals surface area contributed by atoms with Crippen molar-refractivity contribution >= 4 is 33.4 Å². The van der Waals surface area contributed by atoms with Crippen LogP contribution in [0.4, 0.5) is 0 Å². The molecule has 0 aliphatic rings. The van der Waals surface area contributed by atoms with E-state index in [9.17, 15) is 4.79 Å². The minimum atomic E-state index is -0.552. The number of nitrogens with one attached hydrogen (secondary N) is 1. The van der Waals surface area contributed by atoms with E-state index in [1.165, 1.54) is 0 Å². The van der Waals surface area contributed by atoms with Crippen LogP contribution >= 0.6 is 27.5 Å². The van der Waals surface area contributed by atoms with E-state index in [-0.39, 0.29) is 11.9 Å². The van der Waals surface area contributed by atoms with Crippen molar-refractivity contribution in [2.75, 3.05) is 5.33 Å². The zero-order valence-corrected chi connectivity index (χ0v) is 13.7. The van der Waals surface area contributed by atoms with Crippen LogP contribution in [-0.4, -0.2) is 23.4 Å². The van der Waals surface area contributed by atoms with E-state index in [4.69, 9.17) is 16.3 Å². The van der Waals surface area contributed by atoms with Crippen LogP contribution in [0.25, 0.3) is 0 Å². The summed E-state index contributed by atoms with van der Waals surface area (Å²) in [6, 6.07) is 7.12. The third-order valence-electron chi connectivity index (χ3n) is 2.95. The lowest BCUT2D eigenvalue weighted by Gasteiger charge is -2.22. The lowest BCUT2D eigenvalue weighted by molar-refractivity contribution is -0.128. The van der Waals surface area contributed by atoms with Crippen molar-refractivity contribution < 1.29 is 9.53 Å². The maximum Gasteiger partial charge on any atom is 0.260 e. The van der Waals surface area contributed by atoms with E-state index < -0.39 is 6.10 Å². The van der Waals surface area contributed by atoms with Gasteiger partial charge in [0.15, 0.2) is 6.10 Å². The molecule has 0 fully saturated rings. The number of hydrogen-bond acceptors (Lipinski definition) is 2. The SMILES string of the molecule is CC(Oc1cccc(Cl)c1)C(=O)NC(C)C(C)CBr. The van der Waals surface area contributed by atoms with Gasteiger partial charge in [0.1, 0.15) is 5.75 Å². The normalized spacial score (nSPS) is 15.4. The highest BCUT2D eigenvalue weighted by atomic mass is 79.9. The lowest BCUT2D eigenvalue weighted by Crippen LogP contribution is -2.44. The molecular weight excluding hydrogens is 330 g/mol. The summed E-state index contributed by atoms with van der Waals surface area (Å²) < 4.78 is 5.56. The molecule has 1 aromatic rings. The minimum Gasteiger partial charge on any atom is -0.481 e. The van der Waals surface area contributed by atoms with E-state index in [2.05, 4.69) is 28.2 Å². The number of hydrogen-bond donors (Lipinski definition) is 1. The number of rotatable bonds is 6. The van der Waals surface area contributed by atoms with Gasteiger partial charge in [-0.1, -0.05) is 40.5 Å². The predicted molar refractivity (Wildman–Crippen MR) is 82.1 cm³/mol. The standard InChI is InChI=1S/C14H19BrClNO2/c1-9(8-15)10(2)17-14(18)11(3)19-13-6-4-5-12(16)7-13/h4-7,9-11H,8H2,1-3H3,(H,17,18). The first kappa shape index (κ1) is 16.3. The minimum absolute atomic E-state index is 0.0947. The molecule has 0 aliphatic carbocycles. The first-order valence-corrected chi connectivity index (χ1v) is 7.72. The van der Waals surface area contributed by atoms with Crippen LogP contribution < -0.4 is 10.1 Å². The van der Waals surface area contributed by atoms with Crippen LogP contribution in [0, 0.1) is 5.92 Å². The number of alkyl halides is 1. The molecule has 1 amide bonds. The summed E-state index contributed by atoms with van der Waals surface area (Å²) in [6.07, 6.45) is -0.552. The van der Waals surface area contributed by atoms with Crippen molar-refractivity contribution in [3.63, 3.8) is 0 Å². The van der Waals surface area contributed by atoms with Crippen molar-refractivity contribution in [1.82, 2.24) is 5.32 Å². The summed E-state index contributed by atoms with van der Waals surface area (Å²) >= 11 is 9.27. The second kappa shape index (κ2) is 7.75. The Bertz CT molecular complexity index is 428. The quantitative estimate of drug-likeness (QED) is 0.797. The molecule has 1 N–H and O–H groups in total. The van der Waals surface area contributed by atoms with Gasteiger partial charge in [0.2, 0.25) is 0 Å². The fourth-order valence-corrected chi connectivity index (χ4v) is 2.16. The van der Waals surface area contributed by atoms with Gasteiger partial charge in [-0.3, -0.25) is 4.79 Å². The number of halogens is 2. The van der Waals surface area contributed by atoms with Gasteiger partial charge in [-0.25, -0.2) is 0 Å². The third kappa shape index (κ3) is 5.41. The molecule has 0 saturated heterocycles. The largest absolute Gasteiger partial charge is 0.481 e. The Morgan fingerprint density at radius 1 is 1.42 bits per heavy atom. The van der Waals surface area contributed by atoms with Gasteiger partial charge in [0, 0.05) is 16.4 Å². The van der Waals surface area contributed by atoms with E-state index >= 15 is 0 Å². The van der Waals surface area contributed by atoms with Gasteiger partial charge < -0.3 is 10.1 Å². The van der Waals surface area contributed by atoms with Crippen LogP contribution in [0.5, 0.6) is 5.75 Å². The Labute approximate surface area is 127 Å². The first-order chi connectivity index (χ1) is 8.93.